The maximum absolute atomic E-state index is 12.9. The summed E-state index contributed by atoms with van der Waals surface area (Å²) >= 11 is 5.90. The molecule has 0 aliphatic carbocycles. The van der Waals surface area contributed by atoms with Crippen molar-refractivity contribution in [3.05, 3.63) is 106 Å². The van der Waals surface area contributed by atoms with E-state index < -0.39 is 11.9 Å². The maximum atomic E-state index is 12.9. The lowest BCUT2D eigenvalue weighted by molar-refractivity contribution is 0.0696. The van der Waals surface area contributed by atoms with Gasteiger partial charge in [-0.1, -0.05) is 53.6 Å². The number of aryl methyl sites for hydroxylation is 1. The standard InChI is InChI=1S/C25H21ClO4/c1-16-5-7-17(8-6-16)23(27)14-21(19-3-2-4-20(13-19)25(29)30)15-24(28)18-9-11-22(26)12-10-18/h2-13,21H,14-15H2,1H3,(H,29,30). The number of carboxylic acids is 1. The molecule has 0 fully saturated rings. The van der Waals surface area contributed by atoms with Crippen molar-refractivity contribution in [2.24, 2.45) is 0 Å². The number of ketones is 2. The van der Waals surface area contributed by atoms with Gasteiger partial charge in [-0.3, -0.25) is 9.59 Å². The van der Waals surface area contributed by atoms with Crippen molar-refractivity contribution in [1.82, 2.24) is 0 Å². The van der Waals surface area contributed by atoms with Crippen LogP contribution in [-0.2, 0) is 0 Å². The minimum Gasteiger partial charge on any atom is -0.478 e. The van der Waals surface area contributed by atoms with Gasteiger partial charge in [0.25, 0.3) is 0 Å². The van der Waals surface area contributed by atoms with E-state index in [0.29, 0.717) is 21.7 Å². The third kappa shape index (κ3) is 5.43. The van der Waals surface area contributed by atoms with Crippen LogP contribution in [0.2, 0.25) is 5.02 Å². The van der Waals surface area contributed by atoms with Gasteiger partial charge in [-0.15, -0.1) is 0 Å². The van der Waals surface area contributed by atoms with Gasteiger partial charge in [0.2, 0.25) is 0 Å². The first-order valence-corrected chi connectivity index (χ1v) is 9.93. The third-order valence-corrected chi connectivity index (χ3v) is 5.26. The molecule has 0 aliphatic heterocycles. The Morgan fingerprint density at radius 3 is 1.87 bits per heavy atom. The number of Topliss-reactive ketones (excluding diaryl/α,β-unsaturated/α-hetero) is 2. The molecule has 4 nitrogen and oxygen atoms in total. The monoisotopic (exact) mass is 420 g/mol. The van der Waals surface area contributed by atoms with Crippen molar-refractivity contribution >= 4 is 29.1 Å². The SMILES string of the molecule is Cc1ccc(C(=O)CC(CC(=O)c2ccc(Cl)cc2)c2cccc(C(=O)O)c2)cc1. The lowest BCUT2D eigenvalue weighted by atomic mass is 9.85. The van der Waals surface area contributed by atoms with Crippen molar-refractivity contribution in [2.75, 3.05) is 0 Å². The lowest BCUT2D eigenvalue weighted by Crippen LogP contribution is -2.13. The van der Waals surface area contributed by atoms with E-state index >= 15 is 0 Å². The van der Waals surface area contributed by atoms with Crippen LogP contribution in [0, 0.1) is 6.92 Å². The van der Waals surface area contributed by atoms with E-state index in [9.17, 15) is 19.5 Å². The Labute approximate surface area is 180 Å². The van der Waals surface area contributed by atoms with Gasteiger partial charge < -0.3 is 5.11 Å². The number of rotatable bonds is 8. The van der Waals surface area contributed by atoms with Crippen LogP contribution < -0.4 is 0 Å². The lowest BCUT2D eigenvalue weighted by Gasteiger charge is -2.17. The van der Waals surface area contributed by atoms with Crippen LogP contribution in [-0.4, -0.2) is 22.6 Å². The fraction of sp³-hybridized carbons (Fsp3) is 0.160. The van der Waals surface area contributed by atoms with Crippen molar-refractivity contribution < 1.29 is 19.5 Å². The highest BCUT2D eigenvalue weighted by Gasteiger charge is 2.22. The predicted octanol–water partition coefficient (Wildman–Crippen LogP) is 5.98. The second-order valence-corrected chi connectivity index (χ2v) is 7.69. The Bertz CT molecular complexity index is 1010. The van der Waals surface area contributed by atoms with Crippen molar-refractivity contribution in [3.8, 4) is 0 Å². The molecule has 0 amide bonds. The maximum Gasteiger partial charge on any atom is 0.335 e. The van der Waals surface area contributed by atoms with Crippen LogP contribution in [0.1, 0.15) is 61.0 Å². The molecule has 5 heteroatoms. The molecule has 1 unspecified atom stereocenters. The number of hydrogen-bond acceptors (Lipinski definition) is 3. The van der Waals surface area contributed by atoms with E-state index in [1.54, 1.807) is 48.5 Å². The summed E-state index contributed by atoms with van der Waals surface area (Å²) in [6.45, 7) is 1.94. The van der Waals surface area contributed by atoms with Crippen LogP contribution in [0.3, 0.4) is 0 Å². The number of carbonyl (C=O) groups is 3. The summed E-state index contributed by atoms with van der Waals surface area (Å²) in [6, 6.07) is 20.3. The zero-order valence-corrected chi connectivity index (χ0v) is 17.2. The molecular formula is C25H21ClO4. The average molecular weight is 421 g/mol. The number of aromatic carboxylic acids is 1. The number of benzene rings is 3. The molecule has 0 radical (unpaired) electrons. The first kappa shape index (κ1) is 21.5. The molecule has 0 saturated heterocycles. The Balaban J connectivity index is 1.89. The topological polar surface area (TPSA) is 71.4 Å². The van der Waals surface area contributed by atoms with Crippen LogP contribution in [0.25, 0.3) is 0 Å². The van der Waals surface area contributed by atoms with Crippen molar-refractivity contribution in [1.29, 1.82) is 0 Å². The van der Waals surface area contributed by atoms with Crippen LogP contribution in [0.4, 0.5) is 0 Å². The largest absolute Gasteiger partial charge is 0.478 e. The van der Waals surface area contributed by atoms with Gasteiger partial charge in [-0.05, 0) is 54.8 Å². The van der Waals surface area contributed by atoms with E-state index in [4.69, 9.17) is 11.6 Å². The molecule has 152 valence electrons. The molecule has 0 spiro atoms. The number of hydrogen-bond donors (Lipinski definition) is 1. The van der Waals surface area contributed by atoms with Gasteiger partial charge in [0.05, 0.1) is 5.56 Å². The summed E-state index contributed by atoms with van der Waals surface area (Å²) in [6.07, 6.45) is 0.188. The fourth-order valence-electron chi connectivity index (χ4n) is 3.29. The summed E-state index contributed by atoms with van der Waals surface area (Å²) < 4.78 is 0. The number of carboxylic acid groups (broad SMARTS) is 1. The molecule has 1 atom stereocenters. The van der Waals surface area contributed by atoms with Gasteiger partial charge in [0.1, 0.15) is 0 Å². The van der Waals surface area contributed by atoms with Gasteiger partial charge >= 0.3 is 5.97 Å². The Morgan fingerprint density at radius 1 is 0.800 bits per heavy atom. The highest BCUT2D eigenvalue weighted by molar-refractivity contribution is 6.30. The number of carbonyl (C=O) groups excluding carboxylic acids is 2. The van der Waals surface area contributed by atoms with Gasteiger partial charge in [-0.2, -0.15) is 0 Å². The molecule has 0 bridgehead atoms. The van der Waals surface area contributed by atoms with Crippen molar-refractivity contribution in [2.45, 2.75) is 25.7 Å². The molecule has 30 heavy (non-hydrogen) atoms. The molecule has 3 aromatic carbocycles. The van der Waals surface area contributed by atoms with Gasteiger partial charge in [0, 0.05) is 29.0 Å². The van der Waals surface area contributed by atoms with Crippen LogP contribution >= 0.6 is 11.6 Å². The van der Waals surface area contributed by atoms with Gasteiger partial charge in [-0.25, -0.2) is 4.79 Å². The summed E-state index contributed by atoms with van der Waals surface area (Å²) in [5.74, 6) is -1.72. The van der Waals surface area contributed by atoms with Crippen LogP contribution in [0.5, 0.6) is 0 Å². The van der Waals surface area contributed by atoms with E-state index in [1.165, 1.54) is 12.1 Å². The Kier molecular flexibility index (Phi) is 6.80. The summed E-state index contributed by atoms with van der Waals surface area (Å²) in [7, 11) is 0. The molecule has 0 heterocycles. The molecule has 3 rings (SSSR count). The van der Waals surface area contributed by atoms with Gasteiger partial charge in [0.15, 0.2) is 11.6 Å². The zero-order valence-electron chi connectivity index (χ0n) is 16.5. The molecule has 0 saturated carbocycles. The zero-order chi connectivity index (χ0) is 21.7. The van der Waals surface area contributed by atoms with E-state index in [0.717, 1.165) is 5.56 Å². The first-order chi connectivity index (χ1) is 14.3. The quantitative estimate of drug-likeness (QED) is 0.455. The predicted molar refractivity (Wildman–Crippen MR) is 117 cm³/mol. The third-order valence-electron chi connectivity index (χ3n) is 5.01. The summed E-state index contributed by atoms with van der Waals surface area (Å²) in [5.41, 5.74) is 2.90. The minimum absolute atomic E-state index is 0.0856. The first-order valence-electron chi connectivity index (χ1n) is 9.55. The average Bonchev–Trinajstić information content (AvgIpc) is 2.74. The molecule has 3 aromatic rings. The highest BCUT2D eigenvalue weighted by Crippen LogP contribution is 2.28. The van der Waals surface area contributed by atoms with Crippen LogP contribution in [0.15, 0.2) is 72.8 Å². The Morgan fingerprint density at radius 2 is 1.33 bits per heavy atom. The minimum atomic E-state index is -1.05. The highest BCUT2D eigenvalue weighted by atomic mass is 35.5. The van der Waals surface area contributed by atoms with E-state index in [1.807, 2.05) is 19.1 Å². The summed E-state index contributed by atoms with van der Waals surface area (Å²) in [5, 5.41) is 9.85. The molecule has 0 aliphatic rings. The molecule has 1 N–H and O–H groups in total. The fourth-order valence-corrected chi connectivity index (χ4v) is 3.42. The normalized spacial score (nSPS) is 11.7. The van der Waals surface area contributed by atoms with E-state index in [-0.39, 0.29) is 30.0 Å². The molecular weight excluding hydrogens is 400 g/mol. The smallest absolute Gasteiger partial charge is 0.335 e. The van der Waals surface area contributed by atoms with Crippen molar-refractivity contribution in [3.63, 3.8) is 0 Å². The number of halogens is 1. The molecule has 0 aromatic heterocycles. The Hall–Kier alpha value is -3.24. The second kappa shape index (κ2) is 9.51. The van der Waals surface area contributed by atoms with E-state index in [2.05, 4.69) is 0 Å². The second-order valence-electron chi connectivity index (χ2n) is 7.26. The summed E-state index contributed by atoms with van der Waals surface area (Å²) in [4.78, 5) is 37.1.